The summed E-state index contributed by atoms with van der Waals surface area (Å²) < 4.78 is 3.82. The lowest BCUT2D eigenvalue weighted by atomic mass is 9.81. The molecule has 0 unspecified atom stereocenters. The van der Waals surface area contributed by atoms with Crippen molar-refractivity contribution in [3.8, 4) is 11.1 Å². The van der Waals surface area contributed by atoms with Crippen LogP contribution in [0.3, 0.4) is 0 Å². The fraction of sp³-hybridized carbons (Fsp3) is 0.535. The third-order valence-electron chi connectivity index (χ3n) is 13.8. The summed E-state index contributed by atoms with van der Waals surface area (Å²) in [5.41, 5.74) is 6.79. The van der Waals surface area contributed by atoms with Crippen molar-refractivity contribution in [1.82, 2.24) is 28.9 Å². The van der Waals surface area contributed by atoms with Gasteiger partial charge in [-0.3, -0.25) is 19.4 Å². The average molecular weight is 800 g/mol. The first-order chi connectivity index (χ1) is 27.1. The number of imidazole rings is 2. The SMILES string of the molecule is Cn1c(C(=O)Nc2cccc(-c3cccc(NC(=O)c4nc5c(n4C)CCN(C4CCC(O)CC4)C5)c3Cl)c2Cl)nc2c1CCN(CCC13CCC(CC1)C3)C2. The van der Waals surface area contributed by atoms with Crippen LogP contribution in [-0.4, -0.2) is 77.6 Å². The molecule has 0 atom stereocenters. The van der Waals surface area contributed by atoms with Gasteiger partial charge in [0, 0.05) is 81.7 Å². The second-order valence-corrected chi connectivity index (χ2v) is 17.9. The lowest BCUT2D eigenvalue weighted by Crippen LogP contribution is -2.42. The molecule has 0 spiro atoms. The molecule has 2 bridgehead atoms. The maximum absolute atomic E-state index is 13.7. The van der Waals surface area contributed by atoms with Gasteiger partial charge in [0.15, 0.2) is 11.6 Å². The first kappa shape index (κ1) is 37.8. The Bertz CT molecular complexity index is 2160. The molecule has 0 saturated heterocycles. The predicted octanol–water partition coefficient (Wildman–Crippen LogP) is 7.62. The van der Waals surface area contributed by atoms with Crippen molar-refractivity contribution < 1.29 is 14.7 Å². The van der Waals surface area contributed by atoms with Gasteiger partial charge in [-0.15, -0.1) is 0 Å². The van der Waals surface area contributed by atoms with Crippen molar-refractivity contribution in [2.24, 2.45) is 25.4 Å². The molecule has 2 aromatic heterocycles. The van der Waals surface area contributed by atoms with Gasteiger partial charge in [-0.1, -0.05) is 47.5 Å². The predicted molar refractivity (Wildman–Crippen MR) is 219 cm³/mol. The van der Waals surface area contributed by atoms with Gasteiger partial charge >= 0.3 is 0 Å². The summed E-state index contributed by atoms with van der Waals surface area (Å²) in [6, 6.07) is 11.3. The molecule has 3 fully saturated rings. The molecule has 3 N–H and O–H groups in total. The van der Waals surface area contributed by atoms with Crippen molar-refractivity contribution in [2.75, 3.05) is 30.3 Å². The number of carbonyl (C=O) groups excluding carboxylic acids is 2. The molecule has 56 heavy (non-hydrogen) atoms. The summed E-state index contributed by atoms with van der Waals surface area (Å²) in [4.78, 5) is 42.1. The highest BCUT2D eigenvalue weighted by molar-refractivity contribution is 6.40. The zero-order chi connectivity index (χ0) is 38.7. The number of nitrogens with zero attached hydrogens (tertiary/aromatic N) is 6. The van der Waals surface area contributed by atoms with E-state index in [4.69, 9.17) is 33.2 Å². The highest BCUT2D eigenvalue weighted by Gasteiger charge is 2.44. The lowest BCUT2D eigenvalue weighted by molar-refractivity contribution is 0.0668. The van der Waals surface area contributed by atoms with Gasteiger partial charge in [-0.05, 0) is 94.2 Å². The van der Waals surface area contributed by atoms with E-state index in [1.54, 1.807) is 12.1 Å². The summed E-state index contributed by atoms with van der Waals surface area (Å²) in [5, 5.41) is 16.6. The fourth-order valence-corrected chi connectivity index (χ4v) is 11.1. The number of carbonyl (C=O) groups is 2. The highest BCUT2D eigenvalue weighted by Crippen LogP contribution is 2.56. The van der Waals surface area contributed by atoms with Gasteiger partial charge in [-0.2, -0.15) is 0 Å². The largest absolute Gasteiger partial charge is 0.393 e. The zero-order valence-electron chi connectivity index (χ0n) is 32.4. The second kappa shape index (κ2) is 15.2. The highest BCUT2D eigenvalue weighted by atomic mass is 35.5. The van der Waals surface area contributed by atoms with Crippen LogP contribution < -0.4 is 10.6 Å². The van der Waals surface area contributed by atoms with Crippen LogP contribution in [0.4, 0.5) is 11.4 Å². The van der Waals surface area contributed by atoms with Gasteiger partial charge in [0.05, 0.1) is 38.9 Å². The Labute approximate surface area is 338 Å². The first-order valence-corrected chi connectivity index (χ1v) is 21.2. The number of rotatable bonds is 9. The molecule has 0 radical (unpaired) electrons. The van der Waals surface area contributed by atoms with E-state index in [2.05, 4.69) is 20.4 Å². The molecule has 2 aliphatic heterocycles. The second-order valence-electron chi connectivity index (χ2n) is 17.1. The van der Waals surface area contributed by atoms with Gasteiger partial charge < -0.3 is 24.9 Å². The van der Waals surface area contributed by atoms with Crippen LogP contribution in [0.15, 0.2) is 36.4 Å². The van der Waals surface area contributed by atoms with E-state index in [1.165, 1.54) is 38.5 Å². The molecule has 296 valence electrons. The molecule has 2 amide bonds. The molecule has 13 heteroatoms. The summed E-state index contributed by atoms with van der Waals surface area (Å²) in [7, 11) is 3.81. The van der Waals surface area contributed by atoms with Crippen LogP contribution in [0.2, 0.25) is 10.0 Å². The van der Waals surface area contributed by atoms with E-state index in [0.717, 1.165) is 93.4 Å². The topological polar surface area (TPSA) is 121 Å². The van der Waals surface area contributed by atoms with Crippen molar-refractivity contribution in [1.29, 1.82) is 0 Å². The Morgan fingerprint density at radius 2 is 1.34 bits per heavy atom. The zero-order valence-corrected chi connectivity index (χ0v) is 33.9. The Balaban J connectivity index is 0.871. The first-order valence-electron chi connectivity index (χ1n) is 20.5. The third-order valence-corrected chi connectivity index (χ3v) is 14.7. The fourth-order valence-electron chi connectivity index (χ4n) is 10.6. The van der Waals surface area contributed by atoms with Crippen LogP contribution in [0.25, 0.3) is 11.1 Å². The number of fused-ring (bicyclic) bond motifs is 4. The van der Waals surface area contributed by atoms with Gasteiger partial charge in [0.1, 0.15) is 0 Å². The van der Waals surface area contributed by atoms with Gasteiger partial charge in [0.25, 0.3) is 11.8 Å². The molecular weight excluding hydrogens is 747 g/mol. The maximum atomic E-state index is 13.7. The average Bonchev–Trinajstić information content (AvgIpc) is 3.98. The number of aliphatic hydroxyl groups excluding tert-OH is 1. The Kier molecular flexibility index (Phi) is 10.3. The minimum absolute atomic E-state index is 0.192. The molecule has 3 saturated carbocycles. The number of nitrogens with one attached hydrogen (secondary N) is 2. The van der Waals surface area contributed by atoms with Crippen LogP contribution in [0, 0.1) is 11.3 Å². The van der Waals surface area contributed by atoms with Crippen LogP contribution in [0.1, 0.15) is 108 Å². The number of halogens is 2. The number of hydrogen-bond acceptors (Lipinski definition) is 7. The Hall–Kier alpha value is -3.74. The van der Waals surface area contributed by atoms with Crippen molar-refractivity contribution in [2.45, 2.75) is 102 Å². The minimum Gasteiger partial charge on any atom is -0.393 e. The summed E-state index contributed by atoms with van der Waals surface area (Å²) in [6.45, 7) is 4.45. The van der Waals surface area contributed by atoms with Crippen LogP contribution in [0.5, 0.6) is 0 Å². The third kappa shape index (κ3) is 7.08. The van der Waals surface area contributed by atoms with Gasteiger partial charge in [-0.25, -0.2) is 9.97 Å². The van der Waals surface area contributed by atoms with Crippen molar-refractivity contribution in [3.05, 3.63) is 80.9 Å². The quantitative estimate of drug-likeness (QED) is 0.159. The van der Waals surface area contributed by atoms with Crippen LogP contribution in [-0.2, 0) is 40.0 Å². The van der Waals surface area contributed by atoms with E-state index in [-0.39, 0.29) is 17.9 Å². The molecule has 11 nitrogen and oxygen atoms in total. The number of aromatic nitrogens is 4. The van der Waals surface area contributed by atoms with E-state index in [0.29, 0.717) is 62.2 Å². The van der Waals surface area contributed by atoms with E-state index < -0.39 is 0 Å². The Morgan fingerprint density at radius 1 is 0.786 bits per heavy atom. The molecule has 4 heterocycles. The molecule has 4 aromatic rings. The number of aliphatic hydroxyl groups is 1. The summed E-state index contributed by atoms with van der Waals surface area (Å²) in [6.07, 6.45) is 13.4. The van der Waals surface area contributed by atoms with Crippen molar-refractivity contribution >= 4 is 46.4 Å². The van der Waals surface area contributed by atoms with E-state index in [1.807, 2.05) is 47.5 Å². The Morgan fingerprint density at radius 3 is 1.89 bits per heavy atom. The minimum atomic E-state index is -0.346. The summed E-state index contributed by atoms with van der Waals surface area (Å²) in [5.74, 6) is 0.997. The number of amides is 2. The number of anilines is 2. The molecule has 2 aromatic carbocycles. The van der Waals surface area contributed by atoms with Crippen molar-refractivity contribution in [3.63, 3.8) is 0 Å². The molecule has 9 rings (SSSR count). The molecule has 3 aliphatic carbocycles. The van der Waals surface area contributed by atoms with E-state index in [9.17, 15) is 14.7 Å². The summed E-state index contributed by atoms with van der Waals surface area (Å²) >= 11 is 14.0. The van der Waals surface area contributed by atoms with Crippen LogP contribution >= 0.6 is 23.2 Å². The maximum Gasteiger partial charge on any atom is 0.291 e. The smallest absolute Gasteiger partial charge is 0.291 e. The monoisotopic (exact) mass is 798 g/mol. The van der Waals surface area contributed by atoms with Gasteiger partial charge in [0.2, 0.25) is 0 Å². The molecule has 5 aliphatic rings. The van der Waals surface area contributed by atoms with E-state index >= 15 is 0 Å². The standard InChI is InChI=1S/C43H52Cl2N8O3/c1-50-35-15-20-52(22-19-43-17-13-26(23-43)14-18-43)24-33(35)46-39(50)41(55)48-31-7-3-5-29(37(31)44)30-6-4-8-32(38(30)45)49-42(56)40-47-34-25-53(21-16-36(34)51(40)2)27-9-11-28(54)12-10-27/h3-8,26-28,54H,9-25H2,1-2H3,(H,48,55)(H,49,56). The molecular formula is C43H52Cl2N8O3. The normalized spacial score (nSPS) is 24.9. The number of hydrogen-bond donors (Lipinski definition) is 3. The lowest BCUT2D eigenvalue weighted by Gasteiger charge is -2.37. The number of benzene rings is 2.